The van der Waals surface area contributed by atoms with Crippen molar-refractivity contribution in [3.8, 4) is 11.1 Å². The Morgan fingerprint density at radius 3 is 2.39 bits per heavy atom. The average Bonchev–Trinajstić information content (AvgIpc) is 3.37. The molecule has 3 aromatic carbocycles. The van der Waals surface area contributed by atoms with Gasteiger partial charge < -0.3 is 19.5 Å². The van der Waals surface area contributed by atoms with Gasteiger partial charge in [0.2, 0.25) is 0 Å². The zero-order valence-corrected chi connectivity index (χ0v) is 25.2. The largest absolute Gasteiger partial charge is 0.471 e. The number of alkyl halides is 3. The first-order valence-electron chi connectivity index (χ1n) is 14.0. The van der Waals surface area contributed by atoms with Gasteiger partial charge in [0.25, 0.3) is 5.91 Å². The van der Waals surface area contributed by atoms with Gasteiger partial charge in [-0.1, -0.05) is 47.5 Å². The number of nitrogens with zero attached hydrogens (tertiary/aromatic N) is 2. The smallest absolute Gasteiger partial charge is 0.383 e. The number of hydrogen-bond donors (Lipinski definition) is 1. The summed E-state index contributed by atoms with van der Waals surface area (Å²) in [5.74, 6) is -2.95. The van der Waals surface area contributed by atoms with Gasteiger partial charge in [-0.25, -0.2) is 4.39 Å². The molecule has 4 aromatic rings. The van der Waals surface area contributed by atoms with Gasteiger partial charge in [-0.15, -0.1) is 0 Å². The number of piperidine rings is 1. The van der Waals surface area contributed by atoms with Gasteiger partial charge in [-0.2, -0.15) is 13.2 Å². The minimum Gasteiger partial charge on any atom is -0.383 e. The van der Waals surface area contributed by atoms with Crippen LogP contribution in [0.4, 0.5) is 17.6 Å². The summed E-state index contributed by atoms with van der Waals surface area (Å²) in [6, 6.07) is 15.0. The molecule has 0 saturated carbocycles. The van der Waals surface area contributed by atoms with Crippen molar-refractivity contribution in [1.29, 1.82) is 0 Å². The maximum atomic E-state index is 14.8. The van der Waals surface area contributed by atoms with Gasteiger partial charge in [-0.3, -0.25) is 9.59 Å². The third-order valence-electron chi connectivity index (χ3n) is 7.84. The van der Waals surface area contributed by atoms with Crippen LogP contribution in [0.25, 0.3) is 22.0 Å². The normalized spacial score (nSPS) is 14.3. The molecule has 44 heavy (non-hydrogen) atoms. The van der Waals surface area contributed by atoms with Crippen LogP contribution in [-0.4, -0.2) is 54.3 Å². The second-order valence-electron chi connectivity index (χ2n) is 10.7. The SMILES string of the molecule is COCCn1cc(C(=O)N2CCC(c3cc(CNC(=O)C(F)(F)F)ccc3F)CC2)c2c(-c3cc(Cl)cc(Cl)c3)cccc21. The second kappa shape index (κ2) is 13.2. The molecule has 12 heteroatoms. The highest BCUT2D eigenvalue weighted by Crippen LogP contribution is 2.37. The van der Waals surface area contributed by atoms with Gasteiger partial charge in [0, 0.05) is 60.4 Å². The maximum Gasteiger partial charge on any atom is 0.471 e. The molecule has 6 nitrogen and oxygen atoms in total. The Labute approximate surface area is 261 Å². The zero-order chi connectivity index (χ0) is 31.6. The van der Waals surface area contributed by atoms with Crippen LogP contribution in [0.1, 0.15) is 40.2 Å². The molecule has 0 spiro atoms. The number of aromatic nitrogens is 1. The first-order valence-corrected chi connectivity index (χ1v) is 14.7. The van der Waals surface area contributed by atoms with E-state index >= 15 is 0 Å². The molecular weight excluding hydrogens is 621 g/mol. The van der Waals surface area contributed by atoms with E-state index in [9.17, 15) is 27.2 Å². The minimum absolute atomic E-state index is 0.172. The van der Waals surface area contributed by atoms with Crippen LogP contribution in [0.3, 0.4) is 0 Å². The number of carbonyl (C=O) groups excluding carboxylic acids is 2. The van der Waals surface area contributed by atoms with Crippen molar-refractivity contribution in [1.82, 2.24) is 14.8 Å². The Kier molecular flexibility index (Phi) is 9.53. The zero-order valence-electron chi connectivity index (χ0n) is 23.7. The molecular formula is C32H29Cl2F4N3O3. The number of carbonyl (C=O) groups is 2. The molecule has 2 amide bonds. The summed E-state index contributed by atoms with van der Waals surface area (Å²) in [5, 5.41) is 3.51. The fraction of sp³-hybridized carbons (Fsp3) is 0.312. The number of likely N-dealkylation sites (tertiary alicyclic amines) is 1. The Balaban J connectivity index is 1.39. The van der Waals surface area contributed by atoms with Gasteiger partial charge >= 0.3 is 12.1 Å². The van der Waals surface area contributed by atoms with E-state index in [2.05, 4.69) is 0 Å². The Morgan fingerprint density at radius 1 is 1.02 bits per heavy atom. The molecule has 1 N–H and O–H groups in total. The Bertz CT molecular complexity index is 1680. The van der Waals surface area contributed by atoms with Crippen LogP contribution in [0.5, 0.6) is 0 Å². The Hall–Kier alpha value is -3.60. The molecule has 1 aliphatic heterocycles. The molecule has 0 atom stereocenters. The van der Waals surface area contributed by atoms with Crippen molar-refractivity contribution in [3.05, 3.63) is 93.3 Å². The lowest BCUT2D eigenvalue weighted by atomic mass is 9.88. The van der Waals surface area contributed by atoms with Crippen molar-refractivity contribution < 1.29 is 31.9 Å². The molecule has 1 aliphatic rings. The topological polar surface area (TPSA) is 63.6 Å². The molecule has 0 unspecified atom stereocenters. The highest BCUT2D eigenvalue weighted by molar-refractivity contribution is 6.35. The summed E-state index contributed by atoms with van der Waals surface area (Å²) in [6.07, 6.45) is -2.26. The third kappa shape index (κ3) is 6.87. The lowest BCUT2D eigenvalue weighted by Gasteiger charge is -2.32. The molecule has 232 valence electrons. The van der Waals surface area contributed by atoms with Crippen molar-refractivity contribution in [3.63, 3.8) is 0 Å². The van der Waals surface area contributed by atoms with Crippen LogP contribution >= 0.6 is 23.2 Å². The van der Waals surface area contributed by atoms with E-state index in [1.807, 2.05) is 34.3 Å². The van der Waals surface area contributed by atoms with E-state index in [1.54, 1.807) is 30.2 Å². The predicted octanol–water partition coefficient (Wildman–Crippen LogP) is 7.60. The van der Waals surface area contributed by atoms with Gasteiger partial charge in [0.15, 0.2) is 0 Å². The maximum absolute atomic E-state index is 14.8. The molecule has 2 heterocycles. The number of methoxy groups -OCH3 is 1. The van der Waals surface area contributed by atoms with Crippen LogP contribution < -0.4 is 5.32 Å². The quantitative estimate of drug-likeness (QED) is 0.200. The van der Waals surface area contributed by atoms with Gasteiger partial charge in [0.1, 0.15) is 5.82 Å². The summed E-state index contributed by atoms with van der Waals surface area (Å²) in [5.41, 5.74) is 3.65. The summed E-state index contributed by atoms with van der Waals surface area (Å²) < 4.78 is 59.8. The fourth-order valence-corrected chi connectivity index (χ4v) is 6.23. The summed E-state index contributed by atoms with van der Waals surface area (Å²) in [6.45, 7) is 1.31. The standard InChI is InChI=1S/C32H29Cl2F4N3O3/c1-44-12-11-41-18-26(29-24(3-2-4-28(29)41)21-14-22(33)16-23(34)15-21)30(42)40-9-7-20(8-10-40)25-13-19(5-6-27(25)35)17-39-31(43)32(36,37)38/h2-6,13-16,18,20H,7-12,17H2,1H3,(H,39,43). The van der Waals surface area contributed by atoms with Crippen molar-refractivity contribution in [2.75, 3.05) is 26.8 Å². The number of halogens is 6. The van der Waals surface area contributed by atoms with E-state index in [4.69, 9.17) is 27.9 Å². The third-order valence-corrected chi connectivity index (χ3v) is 8.28. The number of ether oxygens (including phenoxy) is 1. The number of fused-ring (bicyclic) bond motifs is 1. The summed E-state index contributed by atoms with van der Waals surface area (Å²) >= 11 is 12.6. The van der Waals surface area contributed by atoms with E-state index in [0.29, 0.717) is 65.8 Å². The molecule has 1 fully saturated rings. The van der Waals surface area contributed by atoms with E-state index in [1.165, 1.54) is 18.2 Å². The van der Waals surface area contributed by atoms with E-state index in [0.717, 1.165) is 22.0 Å². The highest BCUT2D eigenvalue weighted by atomic mass is 35.5. The Morgan fingerprint density at radius 2 is 1.73 bits per heavy atom. The molecule has 0 bridgehead atoms. The van der Waals surface area contributed by atoms with Crippen LogP contribution in [0.15, 0.2) is 60.8 Å². The molecule has 0 radical (unpaired) electrons. The van der Waals surface area contributed by atoms with E-state index < -0.39 is 17.9 Å². The van der Waals surface area contributed by atoms with Crippen molar-refractivity contribution in [2.45, 2.75) is 38.0 Å². The molecule has 0 aliphatic carbocycles. The number of rotatable bonds is 8. The summed E-state index contributed by atoms with van der Waals surface area (Å²) in [7, 11) is 1.61. The van der Waals surface area contributed by atoms with Crippen molar-refractivity contribution >= 4 is 45.9 Å². The lowest BCUT2D eigenvalue weighted by Crippen LogP contribution is -2.38. The molecule has 1 aromatic heterocycles. The van der Waals surface area contributed by atoms with Gasteiger partial charge in [0.05, 0.1) is 12.2 Å². The number of benzene rings is 3. The molecule has 5 rings (SSSR count). The minimum atomic E-state index is -5.00. The predicted molar refractivity (Wildman–Crippen MR) is 161 cm³/mol. The van der Waals surface area contributed by atoms with Crippen molar-refractivity contribution in [2.24, 2.45) is 0 Å². The summed E-state index contributed by atoms with van der Waals surface area (Å²) in [4.78, 5) is 27.0. The fourth-order valence-electron chi connectivity index (χ4n) is 5.70. The van der Waals surface area contributed by atoms with Crippen LogP contribution in [0, 0.1) is 5.82 Å². The van der Waals surface area contributed by atoms with E-state index in [-0.39, 0.29) is 18.4 Å². The number of amides is 2. The first-order chi connectivity index (χ1) is 21.0. The number of nitrogens with one attached hydrogen (secondary N) is 1. The highest BCUT2D eigenvalue weighted by Gasteiger charge is 2.38. The van der Waals surface area contributed by atoms with Crippen LogP contribution in [-0.2, 0) is 22.6 Å². The second-order valence-corrected chi connectivity index (χ2v) is 11.6. The monoisotopic (exact) mass is 649 g/mol. The average molecular weight is 651 g/mol. The number of hydrogen-bond acceptors (Lipinski definition) is 3. The first kappa shape index (κ1) is 31.8. The van der Waals surface area contributed by atoms with Crippen LogP contribution in [0.2, 0.25) is 10.0 Å². The lowest BCUT2D eigenvalue weighted by molar-refractivity contribution is -0.173. The van der Waals surface area contributed by atoms with Gasteiger partial charge in [-0.05, 0) is 71.3 Å². The molecule has 1 saturated heterocycles.